The van der Waals surface area contributed by atoms with Crippen LogP contribution in [0.4, 0.5) is 4.39 Å². The maximum Gasteiger partial charge on any atom is 0.234 e. The maximum atomic E-state index is 13.6. The maximum absolute atomic E-state index is 13.6. The number of ether oxygens (including phenoxy) is 1. The minimum atomic E-state index is -0.239. The summed E-state index contributed by atoms with van der Waals surface area (Å²) in [6, 6.07) is 13.5. The lowest BCUT2D eigenvalue weighted by molar-refractivity contribution is -0.122. The van der Waals surface area contributed by atoms with Crippen molar-refractivity contribution in [2.45, 2.75) is 39.3 Å². The normalized spacial score (nSPS) is 17.1. The fraction of sp³-hybridized carbons (Fsp3) is 0.409. The smallest absolute Gasteiger partial charge is 0.234 e. The first-order chi connectivity index (χ1) is 13.1. The van der Waals surface area contributed by atoms with Gasteiger partial charge in [0.05, 0.1) is 13.2 Å². The van der Waals surface area contributed by atoms with Gasteiger partial charge in [0, 0.05) is 12.6 Å². The summed E-state index contributed by atoms with van der Waals surface area (Å²) in [5.41, 5.74) is 2.60. The molecule has 1 atom stereocenters. The van der Waals surface area contributed by atoms with E-state index in [2.05, 4.69) is 22.3 Å². The molecule has 144 valence electrons. The van der Waals surface area contributed by atoms with Crippen molar-refractivity contribution in [2.24, 2.45) is 0 Å². The zero-order chi connectivity index (χ0) is 19.2. The van der Waals surface area contributed by atoms with E-state index in [-0.39, 0.29) is 17.8 Å². The Labute approximate surface area is 160 Å². The number of hydrogen-bond acceptors (Lipinski definition) is 3. The monoisotopic (exact) mass is 370 g/mol. The number of nitrogens with one attached hydrogen (secondary N) is 1. The zero-order valence-electron chi connectivity index (χ0n) is 16.0. The van der Waals surface area contributed by atoms with Gasteiger partial charge in [-0.25, -0.2) is 4.39 Å². The van der Waals surface area contributed by atoms with Crippen LogP contribution in [0.5, 0.6) is 5.75 Å². The van der Waals surface area contributed by atoms with Gasteiger partial charge in [0.2, 0.25) is 5.91 Å². The molecular weight excluding hydrogens is 343 g/mol. The molecule has 1 fully saturated rings. The third-order valence-corrected chi connectivity index (χ3v) is 5.01. The van der Waals surface area contributed by atoms with Crippen LogP contribution >= 0.6 is 0 Å². The molecule has 1 saturated heterocycles. The number of aryl methyl sites for hydroxylation is 1. The standard InChI is InChI=1S/C22H27FN2O2/c1-3-27-19-10-8-18(9-11-19)21-5-4-12-25(21)15-22(26)24-14-17-7-6-16(2)20(23)13-17/h6-11,13,21H,3-5,12,14-15H2,1-2H3,(H,24,26)/t21-/m1/s1. The Morgan fingerprint density at radius 1 is 1.26 bits per heavy atom. The van der Waals surface area contributed by atoms with Gasteiger partial charge < -0.3 is 10.1 Å². The van der Waals surface area contributed by atoms with Gasteiger partial charge in [-0.05, 0) is 68.1 Å². The molecule has 3 rings (SSSR count). The SMILES string of the molecule is CCOc1ccc([C@H]2CCCN2CC(=O)NCc2ccc(C)c(F)c2)cc1. The summed E-state index contributed by atoms with van der Waals surface area (Å²) in [5, 5.41) is 2.90. The number of nitrogens with zero attached hydrogens (tertiary/aromatic N) is 1. The van der Waals surface area contributed by atoms with Crippen molar-refractivity contribution in [3.8, 4) is 5.75 Å². The molecule has 1 aliphatic rings. The number of rotatable bonds is 7. The van der Waals surface area contributed by atoms with E-state index in [1.807, 2.05) is 25.1 Å². The largest absolute Gasteiger partial charge is 0.494 e. The number of hydrogen-bond donors (Lipinski definition) is 1. The topological polar surface area (TPSA) is 41.6 Å². The molecule has 2 aromatic rings. The number of carbonyl (C=O) groups excluding carboxylic acids is 1. The molecule has 1 heterocycles. The van der Waals surface area contributed by atoms with E-state index in [4.69, 9.17) is 4.74 Å². The molecule has 2 aromatic carbocycles. The summed E-state index contributed by atoms with van der Waals surface area (Å²) in [7, 11) is 0. The molecular formula is C22H27FN2O2. The van der Waals surface area contributed by atoms with E-state index in [9.17, 15) is 9.18 Å². The van der Waals surface area contributed by atoms with Crippen molar-refractivity contribution in [1.82, 2.24) is 10.2 Å². The molecule has 1 N–H and O–H groups in total. The molecule has 5 heteroatoms. The molecule has 0 aliphatic carbocycles. The first-order valence-corrected chi connectivity index (χ1v) is 9.55. The number of benzene rings is 2. The average Bonchev–Trinajstić information content (AvgIpc) is 3.11. The van der Waals surface area contributed by atoms with Gasteiger partial charge in [0.25, 0.3) is 0 Å². The Morgan fingerprint density at radius 3 is 2.74 bits per heavy atom. The summed E-state index contributed by atoms with van der Waals surface area (Å²) in [6.07, 6.45) is 2.12. The molecule has 0 bridgehead atoms. The minimum absolute atomic E-state index is 0.0335. The lowest BCUT2D eigenvalue weighted by Crippen LogP contribution is -2.36. The molecule has 27 heavy (non-hydrogen) atoms. The predicted octanol–water partition coefficient (Wildman–Crippen LogP) is 3.99. The van der Waals surface area contributed by atoms with Crippen molar-refractivity contribution in [3.05, 3.63) is 65.0 Å². The predicted molar refractivity (Wildman–Crippen MR) is 104 cm³/mol. The molecule has 1 aliphatic heterocycles. The van der Waals surface area contributed by atoms with Crippen LogP contribution in [0.25, 0.3) is 0 Å². The number of likely N-dealkylation sites (tertiary alicyclic amines) is 1. The van der Waals surface area contributed by atoms with Crippen molar-refractivity contribution >= 4 is 5.91 Å². The Balaban J connectivity index is 1.55. The van der Waals surface area contributed by atoms with Gasteiger partial charge in [-0.2, -0.15) is 0 Å². The van der Waals surface area contributed by atoms with Gasteiger partial charge in [-0.3, -0.25) is 9.69 Å². The molecule has 4 nitrogen and oxygen atoms in total. The van der Waals surface area contributed by atoms with Gasteiger partial charge in [-0.1, -0.05) is 24.3 Å². The highest BCUT2D eigenvalue weighted by Crippen LogP contribution is 2.32. The zero-order valence-corrected chi connectivity index (χ0v) is 16.0. The summed E-state index contributed by atoms with van der Waals surface area (Å²) >= 11 is 0. The molecule has 0 aromatic heterocycles. The second-order valence-corrected chi connectivity index (χ2v) is 6.99. The van der Waals surface area contributed by atoms with Crippen LogP contribution in [0.1, 0.15) is 42.5 Å². The number of amides is 1. The Kier molecular flexibility index (Phi) is 6.45. The third-order valence-electron chi connectivity index (χ3n) is 5.01. The van der Waals surface area contributed by atoms with Crippen molar-refractivity contribution in [1.29, 1.82) is 0 Å². The van der Waals surface area contributed by atoms with E-state index in [1.54, 1.807) is 13.0 Å². The van der Waals surface area contributed by atoms with Gasteiger partial charge >= 0.3 is 0 Å². The first-order valence-electron chi connectivity index (χ1n) is 9.55. The Bertz CT molecular complexity index is 776. The quantitative estimate of drug-likeness (QED) is 0.801. The first kappa shape index (κ1) is 19.4. The lowest BCUT2D eigenvalue weighted by atomic mass is 10.0. The van der Waals surface area contributed by atoms with Crippen LogP contribution in [-0.2, 0) is 11.3 Å². The summed E-state index contributed by atoms with van der Waals surface area (Å²) in [5.74, 6) is 0.597. The molecule has 0 radical (unpaired) electrons. The van der Waals surface area contributed by atoms with Crippen LogP contribution in [0.2, 0.25) is 0 Å². The second kappa shape index (κ2) is 9.00. The van der Waals surface area contributed by atoms with E-state index in [1.165, 1.54) is 11.6 Å². The highest BCUT2D eigenvalue weighted by Gasteiger charge is 2.27. The Morgan fingerprint density at radius 2 is 2.04 bits per heavy atom. The third kappa shape index (κ3) is 5.07. The Hall–Kier alpha value is -2.40. The molecule has 0 unspecified atom stereocenters. The summed E-state index contributed by atoms with van der Waals surface area (Å²) in [4.78, 5) is 14.6. The summed E-state index contributed by atoms with van der Waals surface area (Å²) in [6.45, 7) is 5.95. The van der Waals surface area contributed by atoms with E-state index < -0.39 is 0 Å². The highest BCUT2D eigenvalue weighted by molar-refractivity contribution is 5.78. The van der Waals surface area contributed by atoms with E-state index >= 15 is 0 Å². The molecule has 0 spiro atoms. The van der Waals surface area contributed by atoms with Crippen LogP contribution in [0.15, 0.2) is 42.5 Å². The molecule has 1 amide bonds. The van der Waals surface area contributed by atoms with Crippen LogP contribution in [0.3, 0.4) is 0 Å². The molecule has 0 saturated carbocycles. The summed E-state index contributed by atoms with van der Waals surface area (Å²) < 4.78 is 19.1. The number of halogens is 1. The number of carbonyl (C=O) groups is 1. The van der Waals surface area contributed by atoms with Crippen molar-refractivity contribution in [3.63, 3.8) is 0 Å². The lowest BCUT2D eigenvalue weighted by Gasteiger charge is -2.24. The highest BCUT2D eigenvalue weighted by atomic mass is 19.1. The van der Waals surface area contributed by atoms with Crippen molar-refractivity contribution in [2.75, 3.05) is 19.7 Å². The van der Waals surface area contributed by atoms with Gasteiger partial charge in [0.1, 0.15) is 11.6 Å². The van der Waals surface area contributed by atoms with Crippen LogP contribution in [0, 0.1) is 12.7 Å². The van der Waals surface area contributed by atoms with Gasteiger partial charge in [0.15, 0.2) is 0 Å². The van der Waals surface area contributed by atoms with Gasteiger partial charge in [-0.15, -0.1) is 0 Å². The fourth-order valence-corrected chi connectivity index (χ4v) is 3.53. The van der Waals surface area contributed by atoms with E-state index in [0.717, 1.165) is 30.7 Å². The second-order valence-electron chi connectivity index (χ2n) is 6.99. The van der Waals surface area contributed by atoms with Crippen molar-refractivity contribution < 1.29 is 13.9 Å². The van der Waals surface area contributed by atoms with Crippen LogP contribution < -0.4 is 10.1 Å². The average molecular weight is 370 g/mol. The fourth-order valence-electron chi connectivity index (χ4n) is 3.53. The minimum Gasteiger partial charge on any atom is -0.494 e. The van der Waals surface area contributed by atoms with E-state index in [0.29, 0.717) is 25.3 Å². The van der Waals surface area contributed by atoms with Crippen LogP contribution in [-0.4, -0.2) is 30.5 Å².